The summed E-state index contributed by atoms with van der Waals surface area (Å²) < 4.78 is 5.06. The molecule has 0 radical (unpaired) electrons. The lowest BCUT2D eigenvalue weighted by Crippen LogP contribution is -2.07. The second-order valence-corrected chi connectivity index (χ2v) is 5.95. The molecule has 1 aliphatic rings. The lowest BCUT2D eigenvalue weighted by Gasteiger charge is -2.21. The molecule has 1 aliphatic heterocycles. The molecule has 0 unspecified atom stereocenters. The highest BCUT2D eigenvalue weighted by atomic mass is 32.2. The van der Waals surface area contributed by atoms with Crippen molar-refractivity contribution in [3.63, 3.8) is 0 Å². The van der Waals surface area contributed by atoms with Gasteiger partial charge in [-0.25, -0.2) is 0 Å². The van der Waals surface area contributed by atoms with Crippen LogP contribution < -0.4 is 5.73 Å². The molecule has 1 fully saturated rings. The summed E-state index contributed by atoms with van der Waals surface area (Å²) >= 11 is 2.05. The maximum atomic E-state index is 5.49. The third kappa shape index (κ3) is 2.82. The van der Waals surface area contributed by atoms with Gasteiger partial charge in [0.2, 0.25) is 11.7 Å². The monoisotopic (exact) mass is 275 g/mol. The van der Waals surface area contributed by atoms with Crippen LogP contribution in [0.2, 0.25) is 0 Å². The average molecular weight is 275 g/mol. The van der Waals surface area contributed by atoms with E-state index >= 15 is 0 Å². The van der Waals surface area contributed by atoms with Gasteiger partial charge in [-0.2, -0.15) is 16.7 Å². The zero-order valence-electron chi connectivity index (χ0n) is 10.7. The first-order chi connectivity index (χ1) is 9.36. The highest BCUT2D eigenvalue weighted by Gasteiger charge is 2.17. The molecule has 0 atom stereocenters. The lowest BCUT2D eigenvalue weighted by molar-refractivity contribution is 0.380. The third-order valence-corrected chi connectivity index (χ3v) is 4.53. The second-order valence-electron chi connectivity index (χ2n) is 4.73. The molecule has 0 aliphatic carbocycles. The van der Waals surface area contributed by atoms with E-state index < -0.39 is 0 Å². The SMILES string of the molecule is NCc1nc(-c2cccc(C3CCSCC3)c2)no1. The van der Waals surface area contributed by atoms with Gasteiger partial charge in [0, 0.05) is 5.56 Å². The molecule has 2 aromatic rings. The molecule has 0 spiro atoms. The maximum Gasteiger partial charge on any atom is 0.240 e. The van der Waals surface area contributed by atoms with E-state index in [0.29, 0.717) is 17.6 Å². The van der Waals surface area contributed by atoms with Gasteiger partial charge < -0.3 is 10.3 Å². The van der Waals surface area contributed by atoms with Crippen molar-refractivity contribution in [3.05, 3.63) is 35.7 Å². The van der Waals surface area contributed by atoms with Crippen LogP contribution in [0.25, 0.3) is 11.4 Å². The Balaban J connectivity index is 1.86. The van der Waals surface area contributed by atoms with Gasteiger partial charge in [-0.15, -0.1) is 0 Å². The van der Waals surface area contributed by atoms with E-state index in [1.54, 1.807) is 0 Å². The van der Waals surface area contributed by atoms with E-state index in [4.69, 9.17) is 10.3 Å². The van der Waals surface area contributed by atoms with E-state index in [0.717, 1.165) is 5.56 Å². The first kappa shape index (κ1) is 12.7. The molecule has 3 rings (SSSR count). The van der Waals surface area contributed by atoms with Crippen LogP contribution in [0.4, 0.5) is 0 Å². The van der Waals surface area contributed by atoms with Crippen molar-refractivity contribution in [2.45, 2.75) is 25.3 Å². The summed E-state index contributed by atoms with van der Waals surface area (Å²) in [6.45, 7) is 0.284. The third-order valence-electron chi connectivity index (χ3n) is 3.48. The van der Waals surface area contributed by atoms with Crippen molar-refractivity contribution in [2.24, 2.45) is 5.73 Å². The normalized spacial score (nSPS) is 16.7. The number of hydrogen-bond donors (Lipinski definition) is 1. The van der Waals surface area contributed by atoms with Gasteiger partial charge in [0.25, 0.3) is 0 Å². The summed E-state index contributed by atoms with van der Waals surface area (Å²) in [4.78, 5) is 4.28. The van der Waals surface area contributed by atoms with Crippen LogP contribution >= 0.6 is 11.8 Å². The van der Waals surface area contributed by atoms with Gasteiger partial charge in [0.15, 0.2) is 0 Å². The van der Waals surface area contributed by atoms with Gasteiger partial charge in [-0.3, -0.25) is 0 Å². The quantitative estimate of drug-likeness (QED) is 0.933. The number of nitrogens with two attached hydrogens (primary N) is 1. The van der Waals surface area contributed by atoms with E-state index in [9.17, 15) is 0 Å². The molecular weight excluding hydrogens is 258 g/mol. The molecule has 1 aromatic heterocycles. The predicted molar refractivity (Wildman–Crippen MR) is 76.9 cm³/mol. The summed E-state index contributed by atoms with van der Waals surface area (Å²) in [7, 11) is 0. The van der Waals surface area contributed by atoms with Crippen LogP contribution in [0.15, 0.2) is 28.8 Å². The molecule has 100 valence electrons. The molecule has 4 nitrogen and oxygen atoms in total. The highest BCUT2D eigenvalue weighted by Crippen LogP contribution is 2.32. The molecule has 0 saturated carbocycles. The molecule has 19 heavy (non-hydrogen) atoms. The van der Waals surface area contributed by atoms with Gasteiger partial charge in [0.05, 0.1) is 6.54 Å². The fourth-order valence-corrected chi connectivity index (χ4v) is 3.52. The molecule has 0 amide bonds. The van der Waals surface area contributed by atoms with E-state index in [1.165, 1.54) is 29.9 Å². The largest absolute Gasteiger partial charge is 0.338 e. The van der Waals surface area contributed by atoms with Gasteiger partial charge in [-0.1, -0.05) is 23.4 Å². The second kappa shape index (κ2) is 5.75. The van der Waals surface area contributed by atoms with Crippen LogP contribution in [0.1, 0.15) is 30.2 Å². The number of benzene rings is 1. The average Bonchev–Trinajstić information content (AvgIpc) is 2.97. The number of hydrogen-bond acceptors (Lipinski definition) is 5. The fourth-order valence-electron chi connectivity index (χ4n) is 2.42. The number of thioether (sulfide) groups is 1. The van der Waals surface area contributed by atoms with E-state index in [1.807, 2.05) is 17.8 Å². The van der Waals surface area contributed by atoms with Gasteiger partial charge in [0.1, 0.15) is 0 Å². The van der Waals surface area contributed by atoms with Crippen molar-refractivity contribution >= 4 is 11.8 Å². The first-order valence-electron chi connectivity index (χ1n) is 6.57. The molecule has 5 heteroatoms. The molecular formula is C14H17N3OS. The van der Waals surface area contributed by atoms with Crippen molar-refractivity contribution in [2.75, 3.05) is 11.5 Å². The number of aromatic nitrogens is 2. The Morgan fingerprint density at radius 1 is 1.32 bits per heavy atom. The van der Waals surface area contributed by atoms with Crippen LogP contribution in [-0.4, -0.2) is 21.6 Å². The summed E-state index contributed by atoms with van der Waals surface area (Å²) in [5, 5.41) is 3.97. The number of nitrogens with zero attached hydrogens (tertiary/aromatic N) is 2. The van der Waals surface area contributed by atoms with Crippen molar-refractivity contribution in [1.29, 1.82) is 0 Å². The minimum Gasteiger partial charge on any atom is -0.338 e. The first-order valence-corrected chi connectivity index (χ1v) is 7.73. The molecule has 0 bridgehead atoms. The van der Waals surface area contributed by atoms with Crippen LogP contribution in [0.3, 0.4) is 0 Å². The summed E-state index contributed by atoms with van der Waals surface area (Å²) in [6, 6.07) is 8.48. The summed E-state index contributed by atoms with van der Waals surface area (Å²) in [5.41, 5.74) is 7.89. The smallest absolute Gasteiger partial charge is 0.240 e. The molecule has 2 heterocycles. The zero-order valence-corrected chi connectivity index (χ0v) is 11.5. The standard InChI is InChI=1S/C14H17N3OS/c15-9-13-16-14(17-18-13)12-3-1-2-11(8-12)10-4-6-19-7-5-10/h1-3,8,10H,4-7,9,15H2. The number of rotatable bonds is 3. The minimum atomic E-state index is 0.284. The van der Waals surface area contributed by atoms with Crippen LogP contribution in [0, 0.1) is 0 Å². The van der Waals surface area contributed by atoms with E-state index in [2.05, 4.69) is 28.3 Å². The van der Waals surface area contributed by atoms with Crippen LogP contribution in [-0.2, 0) is 6.54 Å². The minimum absolute atomic E-state index is 0.284. The fraction of sp³-hybridized carbons (Fsp3) is 0.429. The van der Waals surface area contributed by atoms with Gasteiger partial charge in [-0.05, 0) is 41.9 Å². The Morgan fingerprint density at radius 3 is 2.89 bits per heavy atom. The molecule has 1 saturated heterocycles. The summed E-state index contributed by atoms with van der Waals surface area (Å²) in [5.74, 6) is 4.30. The van der Waals surface area contributed by atoms with Gasteiger partial charge >= 0.3 is 0 Å². The van der Waals surface area contributed by atoms with Crippen LogP contribution in [0.5, 0.6) is 0 Å². The Hall–Kier alpha value is -1.33. The lowest BCUT2D eigenvalue weighted by atomic mass is 9.92. The molecule has 1 aromatic carbocycles. The van der Waals surface area contributed by atoms with Crippen molar-refractivity contribution < 1.29 is 4.52 Å². The zero-order chi connectivity index (χ0) is 13.1. The molecule has 2 N–H and O–H groups in total. The summed E-state index contributed by atoms with van der Waals surface area (Å²) in [6.07, 6.45) is 2.52. The topological polar surface area (TPSA) is 64.9 Å². The van der Waals surface area contributed by atoms with E-state index in [-0.39, 0.29) is 6.54 Å². The highest BCUT2D eigenvalue weighted by molar-refractivity contribution is 7.99. The Morgan fingerprint density at radius 2 is 2.16 bits per heavy atom. The maximum absolute atomic E-state index is 5.49. The van der Waals surface area contributed by atoms with Crippen molar-refractivity contribution in [3.8, 4) is 11.4 Å². The Bertz CT molecular complexity index is 549. The Kier molecular flexibility index (Phi) is 3.84. The van der Waals surface area contributed by atoms with Crippen molar-refractivity contribution in [1.82, 2.24) is 10.1 Å². The predicted octanol–water partition coefficient (Wildman–Crippen LogP) is 2.81. The Labute approximate surface area is 116 Å².